The fraction of sp³-hybridized carbons (Fsp3) is 0.417. The molecule has 0 atom stereocenters. The van der Waals surface area contributed by atoms with Crippen molar-refractivity contribution in [3.05, 3.63) is 34.3 Å². The number of hydrogen-bond donors (Lipinski definition) is 1. The molecule has 1 aromatic carbocycles. The second kappa shape index (κ2) is 5.69. The highest BCUT2D eigenvalue weighted by Gasteiger charge is 2.27. The highest BCUT2D eigenvalue weighted by Crippen LogP contribution is 2.18. The summed E-state index contributed by atoms with van der Waals surface area (Å²) in [6.45, 7) is 2.90. The zero-order chi connectivity index (χ0) is 14.9. The van der Waals surface area contributed by atoms with E-state index in [9.17, 15) is 13.2 Å². The van der Waals surface area contributed by atoms with Gasteiger partial charge in [0.05, 0.1) is 0 Å². The van der Waals surface area contributed by atoms with Gasteiger partial charge in [0.15, 0.2) is 0 Å². The Hall–Kier alpha value is -1.15. The van der Waals surface area contributed by atoms with Crippen molar-refractivity contribution < 1.29 is 13.2 Å². The summed E-state index contributed by atoms with van der Waals surface area (Å²) in [5, 5.41) is 5.57. The minimum absolute atomic E-state index is 0.140. The second-order valence-electron chi connectivity index (χ2n) is 4.70. The molecule has 1 saturated heterocycles. The highest BCUT2D eigenvalue weighted by molar-refractivity contribution is 7.86. The van der Waals surface area contributed by atoms with E-state index in [1.54, 1.807) is 23.1 Å². The van der Waals surface area contributed by atoms with Gasteiger partial charge in [-0.05, 0) is 24.6 Å². The van der Waals surface area contributed by atoms with Gasteiger partial charge in [0, 0.05) is 36.8 Å². The van der Waals surface area contributed by atoms with Gasteiger partial charge in [-0.3, -0.25) is 4.79 Å². The Bertz CT molecular complexity index is 625. The van der Waals surface area contributed by atoms with Crippen LogP contribution >= 0.6 is 11.6 Å². The maximum absolute atomic E-state index is 12.4. The molecular weight excluding hydrogens is 302 g/mol. The fourth-order valence-corrected chi connectivity index (χ4v) is 2.99. The van der Waals surface area contributed by atoms with Crippen molar-refractivity contribution in [2.24, 2.45) is 5.14 Å². The molecular formula is C12H16ClN3O3S. The number of rotatable bonds is 2. The molecule has 0 saturated carbocycles. The molecule has 0 unspecified atom stereocenters. The molecule has 6 nitrogen and oxygen atoms in total. The predicted octanol–water partition coefficient (Wildman–Crippen LogP) is 0.610. The SMILES string of the molecule is Cc1ccc(Cl)cc1C(=O)N1CCN(S(N)(=O)=O)CC1. The molecule has 0 bridgehead atoms. The Morgan fingerprint density at radius 2 is 1.85 bits per heavy atom. The maximum atomic E-state index is 12.4. The summed E-state index contributed by atoms with van der Waals surface area (Å²) in [6.07, 6.45) is 0. The van der Waals surface area contributed by atoms with Crippen molar-refractivity contribution >= 4 is 27.7 Å². The number of nitrogens with zero attached hydrogens (tertiary/aromatic N) is 2. The molecule has 8 heteroatoms. The van der Waals surface area contributed by atoms with Gasteiger partial charge >= 0.3 is 0 Å². The lowest BCUT2D eigenvalue weighted by Crippen LogP contribution is -2.52. The zero-order valence-corrected chi connectivity index (χ0v) is 12.6. The molecule has 1 heterocycles. The summed E-state index contributed by atoms with van der Waals surface area (Å²) in [7, 11) is -3.68. The van der Waals surface area contributed by atoms with E-state index in [4.69, 9.17) is 16.7 Å². The van der Waals surface area contributed by atoms with Crippen LogP contribution in [-0.2, 0) is 10.2 Å². The zero-order valence-electron chi connectivity index (χ0n) is 11.0. The van der Waals surface area contributed by atoms with Crippen LogP contribution in [0.4, 0.5) is 0 Å². The van der Waals surface area contributed by atoms with Gasteiger partial charge in [-0.2, -0.15) is 12.7 Å². The van der Waals surface area contributed by atoms with Crippen LogP contribution in [0.3, 0.4) is 0 Å². The van der Waals surface area contributed by atoms with Gasteiger partial charge in [0.2, 0.25) is 0 Å². The van der Waals surface area contributed by atoms with Crippen LogP contribution in [0, 0.1) is 6.92 Å². The summed E-state index contributed by atoms with van der Waals surface area (Å²) in [5.41, 5.74) is 1.38. The Kier molecular flexibility index (Phi) is 4.33. The Morgan fingerprint density at radius 1 is 1.25 bits per heavy atom. The van der Waals surface area contributed by atoms with Crippen molar-refractivity contribution in [2.45, 2.75) is 6.92 Å². The molecule has 1 aromatic rings. The lowest BCUT2D eigenvalue weighted by molar-refractivity contribution is 0.0697. The third-order valence-corrected chi connectivity index (χ3v) is 4.64. The van der Waals surface area contributed by atoms with Crippen molar-refractivity contribution in [3.8, 4) is 0 Å². The van der Waals surface area contributed by atoms with Crippen LogP contribution in [0.2, 0.25) is 5.02 Å². The lowest BCUT2D eigenvalue weighted by atomic mass is 10.1. The fourth-order valence-electron chi connectivity index (χ4n) is 2.14. The maximum Gasteiger partial charge on any atom is 0.277 e. The smallest absolute Gasteiger partial charge is 0.277 e. The molecule has 20 heavy (non-hydrogen) atoms. The molecule has 2 rings (SSSR count). The summed E-state index contributed by atoms with van der Waals surface area (Å²) >= 11 is 5.91. The van der Waals surface area contributed by atoms with Crippen LogP contribution < -0.4 is 5.14 Å². The van der Waals surface area contributed by atoms with Gasteiger partial charge in [-0.25, -0.2) is 5.14 Å². The van der Waals surface area contributed by atoms with E-state index in [0.29, 0.717) is 23.7 Å². The van der Waals surface area contributed by atoms with E-state index in [-0.39, 0.29) is 19.0 Å². The number of hydrogen-bond acceptors (Lipinski definition) is 3. The molecule has 0 aromatic heterocycles. The first-order chi connectivity index (χ1) is 9.29. The molecule has 1 aliphatic rings. The largest absolute Gasteiger partial charge is 0.336 e. The normalized spacial score (nSPS) is 17.2. The number of amides is 1. The Labute approximate surface area is 123 Å². The molecule has 1 aliphatic heterocycles. The van der Waals surface area contributed by atoms with E-state index in [0.717, 1.165) is 5.56 Å². The Balaban J connectivity index is 2.11. The third kappa shape index (κ3) is 3.29. The van der Waals surface area contributed by atoms with Crippen molar-refractivity contribution in [2.75, 3.05) is 26.2 Å². The van der Waals surface area contributed by atoms with Gasteiger partial charge in [-0.15, -0.1) is 0 Å². The first-order valence-electron chi connectivity index (χ1n) is 6.12. The van der Waals surface area contributed by atoms with Gasteiger partial charge in [-0.1, -0.05) is 17.7 Å². The molecule has 2 N–H and O–H groups in total. The number of aryl methyl sites for hydroxylation is 1. The van der Waals surface area contributed by atoms with E-state index >= 15 is 0 Å². The van der Waals surface area contributed by atoms with Crippen molar-refractivity contribution in [1.82, 2.24) is 9.21 Å². The molecule has 1 amide bonds. The number of halogens is 1. The van der Waals surface area contributed by atoms with Crippen molar-refractivity contribution in [1.29, 1.82) is 0 Å². The summed E-state index contributed by atoms with van der Waals surface area (Å²) < 4.78 is 23.6. The highest BCUT2D eigenvalue weighted by atomic mass is 35.5. The number of nitrogens with two attached hydrogens (primary N) is 1. The van der Waals surface area contributed by atoms with E-state index in [1.165, 1.54) is 4.31 Å². The monoisotopic (exact) mass is 317 g/mol. The first kappa shape index (κ1) is 15.2. The van der Waals surface area contributed by atoms with E-state index in [1.807, 2.05) is 6.92 Å². The minimum Gasteiger partial charge on any atom is -0.336 e. The minimum atomic E-state index is -3.68. The predicted molar refractivity (Wildman–Crippen MR) is 76.8 cm³/mol. The van der Waals surface area contributed by atoms with Crippen LogP contribution in [0.1, 0.15) is 15.9 Å². The average Bonchev–Trinajstić information content (AvgIpc) is 2.40. The molecule has 110 valence electrons. The quantitative estimate of drug-likeness (QED) is 0.867. The molecule has 0 spiro atoms. The van der Waals surface area contributed by atoms with Gasteiger partial charge < -0.3 is 4.90 Å². The number of piperazine rings is 1. The summed E-state index contributed by atoms with van der Waals surface area (Å²) in [4.78, 5) is 14.0. The van der Waals surface area contributed by atoms with Crippen LogP contribution in [0.15, 0.2) is 18.2 Å². The van der Waals surface area contributed by atoms with Crippen LogP contribution in [-0.4, -0.2) is 49.7 Å². The van der Waals surface area contributed by atoms with Crippen LogP contribution in [0.25, 0.3) is 0 Å². The second-order valence-corrected chi connectivity index (χ2v) is 6.68. The lowest BCUT2D eigenvalue weighted by Gasteiger charge is -2.33. The average molecular weight is 318 g/mol. The van der Waals surface area contributed by atoms with Gasteiger partial charge in [0.1, 0.15) is 0 Å². The van der Waals surface area contributed by atoms with Gasteiger partial charge in [0.25, 0.3) is 16.1 Å². The number of benzene rings is 1. The van der Waals surface area contributed by atoms with E-state index in [2.05, 4.69) is 0 Å². The van der Waals surface area contributed by atoms with Crippen LogP contribution in [0.5, 0.6) is 0 Å². The molecule has 0 aliphatic carbocycles. The van der Waals surface area contributed by atoms with E-state index < -0.39 is 10.2 Å². The number of carbonyl (C=O) groups is 1. The van der Waals surface area contributed by atoms with Crippen molar-refractivity contribution in [3.63, 3.8) is 0 Å². The molecule has 1 fully saturated rings. The standard InChI is InChI=1S/C12H16ClN3O3S/c1-9-2-3-10(13)8-11(9)12(17)15-4-6-16(7-5-15)20(14,18)19/h2-3,8H,4-7H2,1H3,(H2,14,18,19). The number of carbonyl (C=O) groups excluding carboxylic acids is 1. The topological polar surface area (TPSA) is 83.7 Å². The third-order valence-electron chi connectivity index (χ3n) is 3.32. The Morgan fingerprint density at radius 3 is 2.40 bits per heavy atom. The summed E-state index contributed by atoms with van der Waals surface area (Å²) in [5.74, 6) is -0.140. The first-order valence-corrected chi connectivity index (χ1v) is 8.00. The molecule has 0 radical (unpaired) electrons. The summed E-state index contributed by atoms with van der Waals surface area (Å²) in [6, 6.07) is 5.15.